The summed E-state index contributed by atoms with van der Waals surface area (Å²) in [5, 5.41) is 11.0. The predicted octanol–water partition coefficient (Wildman–Crippen LogP) is 4.97. The lowest BCUT2D eigenvalue weighted by atomic mass is 10.1. The highest BCUT2D eigenvalue weighted by Crippen LogP contribution is 2.41. The Bertz CT molecular complexity index is 1340. The molecule has 0 aliphatic heterocycles. The average Bonchev–Trinajstić information content (AvgIpc) is 3.38. The van der Waals surface area contributed by atoms with Gasteiger partial charge in [-0.3, -0.25) is 0 Å². The molecule has 0 unspecified atom stereocenters. The number of nitriles is 1. The molecule has 12 heteroatoms. The van der Waals surface area contributed by atoms with Crippen molar-refractivity contribution < 1.29 is 21.6 Å². The summed E-state index contributed by atoms with van der Waals surface area (Å²) in [5.74, 6) is 0.105. The maximum atomic E-state index is 12.8. The summed E-state index contributed by atoms with van der Waals surface area (Å²) in [7, 11) is -4.50. The van der Waals surface area contributed by atoms with Crippen LogP contribution in [0, 0.1) is 11.3 Å². The normalized spacial score (nSPS) is 16.2. The number of rotatable bonds is 5. The molecule has 0 bridgehead atoms. The molecule has 1 aliphatic carbocycles. The van der Waals surface area contributed by atoms with Crippen LogP contribution in [-0.2, 0) is 10.0 Å². The van der Waals surface area contributed by atoms with E-state index >= 15 is 0 Å². The van der Waals surface area contributed by atoms with Crippen LogP contribution in [-0.4, -0.2) is 35.2 Å². The number of alkyl halides is 3. The third kappa shape index (κ3) is 4.43. The fraction of sp³-hybridized carbons (Fsp3) is 0.381. The van der Waals surface area contributed by atoms with E-state index in [1.54, 1.807) is 16.9 Å². The molecule has 0 spiro atoms. The molecule has 2 heterocycles. The quantitative estimate of drug-likeness (QED) is 0.536. The summed E-state index contributed by atoms with van der Waals surface area (Å²) >= 11 is 6.16. The topological polar surface area (TPSA) is 101 Å². The highest BCUT2D eigenvalue weighted by Gasteiger charge is 2.39. The van der Waals surface area contributed by atoms with E-state index in [2.05, 4.69) is 16.0 Å². The van der Waals surface area contributed by atoms with Gasteiger partial charge in [-0.15, -0.1) is 0 Å². The van der Waals surface area contributed by atoms with E-state index in [1.807, 2.05) is 10.6 Å². The number of hydrogen-bond donors (Lipinski definition) is 1. The van der Waals surface area contributed by atoms with Crippen LogP contribution in [0.2, 0.25) is 5.02 Å². The highest BCUT2D eigenvalue weighted by atomic mass is 35.5. The first kappa shape index (κ1) is 23.5. The van der Waals surface area contributed by atoms with E-state index < -0.39 is 27.1 Å². The second kappa shape index (κ2) is 8.59. The Morgan fingerprint density at radius 2 is 1.88 bits per heavy atom. The zero-order valence-corrected chi connectivity index (χ0v) is 19.0. The van der Waals surface area contributed by atoms with Crippen molar-refractivity contribution in [3.8, 4) is 17.6 Å². The van der Waals surface area contributed by atoms with Crippen LogP contribution in [0.15, 0.2) is 35.5 Å². The minimum atomic E-state index is -4.74. The Balaban J connectivity index is 1.81. The molecule has 174 valence electrons. The Morgan fingerprint density at radius 1 is 1.24 bits per heavy atom. The molecule has 0 amide bonds. The van der Waals surface area contributed by atoms with Crippen LogP contribution in [0.3, 0.4) is 0 Å². The van der Waals surface area contributed by atoms with Crippen LogP contribution in [0.25, 0.3) is 22.4 Å². The van der Waals surface area contributed by atoms with Gasteiger partial charge in [0.15, 0.2) is 5.82 Å². The minimum absolute atomic E-state index is 0.104. The van der Waals surface area contributed by atoms with E-state index in [4.69, 9.17) is 11.6 Å². The van der Waals surface area contributed by atoms with Crippen LogP contribution in [0.1, 0.15) is 44.2 Å². The molecule has 2 aromatic heterocycles. The van der Waals surface area contributed by atoms with Gasteiger partial charge < -0.3 is 4.57 Å². The Labute approximate surface area is 193 Å². The van der Waals surface area contributed by atoms with Crippen molar-refractivity contribution >= 4 is 32.5 Å². The minimum Gasteiger partial charge on any atom is -0.334 e. The molecule has 7 nitrogen and oxygen atoms in total. The van der Waals surface area contributed by atoms with Crippen molar-refractivity contribution in [2.75, 3.05) is 0 Å². The zero-order chi connectivity index (χ0) is 24.0. The summed E-state index contributed by atoms with van der Waals surface area (Å²) in [6, 6.07) is 5.24. The SMILES string of the molecule is C[C@H](NS(=O)(=O)c1cnc(-c2c(C#N)c3cc(Cl)ccc3n2C2CCCC2)nc1)C(F)(F)F. The number of aromatic nitrogens is 3. The number of hydrogen-bond acceptors (Lipinski definition) is 5. The summed E-state index contributed by atoms with van der Waals surface area (Å²) in [4.78, 5) is 7.75. The van der Waals surface area contributed by atoms with Crippen LogP contribution >= 0.6 is 11.6 Å². The molecule has 1 aliphatic rings. The summed E-state index contributed by atoms with van der Waals surface area (Å²) in [6.45, 7) is 0.705. The zero-order valence-electron chi connectivity index (χ0n) is 17.4. The highest BCUT2D eigenvalue weighted by molar-refractivity contribution is 7.89. The number of fused-ring (bicyclic) bond motifs is 1. The third-order valence-corrected chi connectivity index (χ3v) is 7.47. The van der Waals surface area contributed by atoms with Gasteiger partial charge in [-0.2, -0.15) is 23.2 Å². The number of nitrogens with zero attached hydrogens (tertiary/aromatic N) is 4. The molecule has 33 heavy (non-hydrogen) atoms. The molecule has 3 aromatic rings. The van der Waals surface area contributed by atoms with E-state index in [0.29, 0.717) is 28.6 Å². The standard InChI is InChI=1S/C21H19ClF3N5O2S/c1-12(21(23,24)25)29-33(31,32)15-10-27-20(28-11-15)19-17(9-26)16-8-13(22)6-7-18(16)30(19)14-4-2-3-5-14/h6-8,10-12,14,29H,2-5H2,1H3/t12-/m0/s1. The molecule has 1 N–H and O–H groups in total. The van der Waals surface area contributed by atoms with Crippen molar-refractivity contribution in [1.82, 2.24) is 19.3 Å². The van der Waals surface area contributed by atoms with E-state index in [1.165, 1.54) is 0 Å². The molecule has 1 aromatic carbocycles. The molecule has 4 rings (SSSR count). The molecule has 0 saturated heterocycles. The van der Waals surface area contributed by atoms with Gasteiger partial charge >= 0.3 is 6.18 Å². The van der Waals surface area contributed by atoms with Crippen LogP contribution in [0.5, 0.6) is 0 Å². The average molecular weight is 498 g/mol. The number of benzene rings is 1. The van der Waals surface area contributed by atoms with Crippen molar-refractivity contribution in [3.05, 3.63) is 41.2 Å². The van der Waals surface area contributed by atoms with Crippen molar-refractivity contribution in [2.24, 2.45) is 0 Å². The summed E-state index contributed by atoms with van der Waals surface area (Å²) < 4.78 is 66.6. The molecular formula is C21H19ClF3N5O2S. The number of halogens is 4. The molecule has 1 atom stereocenters. The summed E-state index contributed by atoms with van der Waals surface area (Å²) in [6.07, 6.45) is 1.00. The second-order valence-electron chi connectivity index (χ2n) is 7.93. The van der Waals surface area contributed by atoms with Gasteiger partial charge in [0.05, 0.1) is 23.5 Å². The lowest BCUT2D eigenvalue weighted by Gasteiger charge is -2.18. The maximum absolute atomic E-state index is 12.8. The largest absolute Gasteiger partial charge is 0.404 e. The monoisotopic (exact) mass is 497 g/mol. The van der Waals surface area contributed by atoms with E-state index in [-0.39, 0.29) is 11.9 Å². The number of sulfonamides is 1. The lowest BCUT2D eigenvalue weighted by molar-refractivity contribution is -0.147. The first-order valence-electron chi connectivity index (χ1n) is 10.2. The fourth-order valence-electron chi connectivity index (χ4n) is 4.11. The molecule has 1 fully saturated rings. The van der Waals surface area contributed by atoms with Gasteiger partial charge in [-0.05, 0) is 38.0 Å². The first-order valence-corrected chi connectivity index (χ1v) is 12.0. The number of nitrogens with one attached hydrogen (secondary N) is 1. The predicted molar refractivity (Wildman–Crippen MR) is 116 cm³/mol. The third-order valence-electron chi connectivity index (χ3n) is 5.74. The van der Waals surface area contributed by atoms with Crippen LogP contribution in [0.4, 0.5) is 13.2 Å². The van der Waals surface area contributed by atoms with Crippen molar-refractivity contribution in [2.45, 2.75) is 55.8 Å². The lowest BCUT2D eigenvalue weighted by Crippen LogP contribution is -2.43. The Hall–Kier alpha value is -2.68. The molecular weight excluding hydrogens is 479 g/mol. The van der Waals surface area contributed by atoms with Crippen molar-refractivity contribution in [3.63, 3.8) is 0 Å². The molecule has 1 saturated carbocycles. The maximum Gasteiger partial charge on any atom is 0.404 e. The van der Waals surface area contributed by atoms with E-state index in [0.717, 1.165) is 43.6 Å². The van der Waals surface area contributed by atoms with Crippen molar-refractivity contribution in [1.29, 1.82) is 5.26 Å². The van der Waals surface area contributed by atoms with Gasteiger partial charge in [0.2, 0.25) is 10.0 Å². The van der Waals surface area contributed by atoms with Gasteiger partial charge in [0, 0.05) is 16.5 Å². The van der Waals surface area contributed by atoms with Gasteiger partial charge in [0.1, 0.15) is 22.7 Å². The van der Waals surface area contributed by atoms with Gasteiger partial charge in [-0.25, -0.2) is 18.4 Å². The first-order chi connectivity index (χ1) is 15.5. The molecule has 0 radical (unpaired) electrons. The fourth-order valence-corrected chi connectivity index (χ4v) is 5.40. The smallest absolute Gasteiger partial charge is 0.334 e. The Morgan fingerprint density at radius 3 is 2.45 bits per heavy atom. The van der Waals surface area contributed by atoms with Crippen LogP contribution < -0.4 is 4.72 Å². The Kier molecular flexibility index (Phi) is 6.11. The second-order valence-corrected chi connectivity index (χ2v) is 10.1. The van der Waals surface area contributed by atoms with Gasteiger partial charge in [0.25, 0.3) is 0 Å². The van der Waals surface area contributed by atoms with Gasteiger partial charge in [-0.1, -0.05) is 24.4 Å². The van der Waals surface area contributed by atoms with E-state index in [9.17, 15) is 26.9 Å². The summed E-state index contributed by atoms with van der Waals surface area (Å²) in [5.41, 5.74) is 1.53.